The van der Waals surface area contributed by atoms with E-state index in [0.29, 0.717) is 18.5 Å². The van der Waals surface area contributed by atoms with Crippen molar-refractivity contribution >= 4 is 35.1 Å². The predicted molar refractivity (Wildman–Crippen MR) is 94.1 cm³/mol. The van der Waals surface area contributed by atoms with Gasteiger partial charge in [0.2, 0.25) is 0 Å². The second kappa shape index (κ2) is 7.45. The van der Waals surface area contributed by atoms with Gasteiger partial charge < -0.3 is 9.64 Å². The van der Waals surface area contributed by atoms with Crippen LogP contribution in [0, 0.1) is 0 Å². The van der Waals surface area contributed by atoms with Crippen LogP contribution in [0.1, 0.15) is 28.7 Å². The second-order valence-corrected chi connectivity index (χ2v) is 6.65. The zero-order valence-corrected chi connectivity index (χ0v) is 15.1. The number of para-hydroxylation sites is 1. The van der Waals surface area contributed by atoms with Gasteiger partial charge in [0.25, 0.3) is 5.91 Å². The number of aromatic nitrogens is 2. The molecule has 8 heteroatoms. The van der Waals surface area contributed by atoms with Crippen LogP contribution in [0.4, 0.5) is 0 Å². The lowest BCUT2D eigenvalue weighted by Gasteiger charge is -2.28. The summed E-state index contributed by atoms with van der Waals surface area (Å²) in [5.41, 5.74) is 2.63. The maximum atomic E-state index is 12.3. The van der Waals surface area contributed by atoms with Crippen molar-refractivity contribution in [1.82, 2.24) is 14.7 Å². The molecule has 0 saturated carbocycles. The highest BCUT2D eigenvalue weighted by atomic mass is 35.5. The molecule has 1 aromatic carbocycles. The van der Waals surface area contributed by atoms with E-state index in [9.17, 15) is 9.59 Å². The quantitative estimate of drug-likeness (QED) is 0.603. The Kier molecular flexibility index (Phi) is 5.30. The molecular formula is C17H17Cl2N3O3. The fraction of sp³-hybridized carbons (Fsp3) is 0.353. The van der Waals surface area contributed by atoms with Crippen LogP contribution in [-0.4, -0.2) is 44.5 Å². The van der Waals surface area contributed by atoms with Crippen molar-refractivity contribution in [3.8, 4) is 5.69 Å². The summed E-state index contributed by atoms with van der Waals surface area (Å²) in [7, 11) is 0. The Morgan fingerprint density at radius 3 is 2.64 bits per heavy atom. The van der Waals surface area contributed by atoms with Gasteiger partial charge in [-0.05, 0) is 19.1 Å². The fourth-order valence-electron chi connectivity index (χ4n) is 2.89. The van der Waals surface area contributed by atoms with Crippen LogP contribution < -0.4 is 0 Å². The Morgan fingerprint density at radius 1 is 1.28 bits per heavy atom. The van der Waals surface area contributed by atoms with Gasteiger partial charge in [-0.3, -0.25) is 4.79 Å². The number of nitrogens with zero attached hydrogens (tertiary/aromatic N) is 3. The first-order chi connectivity index (χ1) is 12.0. The average Bonchev–Trinajstić information content (AvgIpc) is 3.00. The third-order valence-electron chi connectivity index (χ3n) is 4.03. The normalized spacial score (nSPS) is 13.7. The summed E-state index contributed by atoms with van der Waals surface area (Å²) in [4.78, 5) is 24.8. The summed E-state index contributed by atoms with van der Waals surface area (Å²) in [6.45, 7) is 2.67. The summed E-state index contributed by atoms with van der Waals surface area (Å²) in [6.07, 6.45) is 0.545. The summed E-state index contributed by atoms with van der Waals surface area (Å²) < 4.78 is 6.85. The Labute approximate surface area is 155 Å². The van der Waals surface area contributed by atoms with Crippen LogP contribution in [0.25, 0.3) is 5.69 Å². The molecule has 0 saturated heterocycles. The van der Waals surface area contributed by atoms with E-state index in [-0.39, 0.29) is 24.8 Å². The third kappa shape index (κ3) is 3.50. The van der Waals surface area contributed by atoms with Crippen molar-refractivity contribution < 1.29 is 14.3 Å². The standard InChI is InChI=1S/C17H17Cl2N3O3/c1-2-25-17(24)14-12-10-21(16(23)15(18)19)9-8-13(12)22(20-14)11-6-4-3-5-7-11/h3-7,15H,2,8-10H2,1H3. The first kappa shape index (κ1) is 17.8. The number of rotatable bonds is 4. The van der Waals surface area contributed by atoms with Crippen LogP contribution in [0.2, 0.25) is 0 Å². The number of fused-ring (bicyclic) bond motifs is 1. The lowest BCUT2D eigenvalue weighted by atomic mass is 10.0. The van der Waals surface area contributed by atoms with Crippen molar-refractivity contribution in [2.75, 3.05) is 13.2 Å². The minimum atomic E-state index is -1.13. The van der Waals surface area contributed by atoms with Gasteiger partial charge in [0, 0.05) is 18.5 Å². The van der Waals surface area contributed by atoms with E-state index < -0.39 is 10.8 Å². The average molecular weight is 382 g/mol. The number of esters is 1. The van der Waals surface area contributed by atoms with Crippen LogP contribution in [0.3, 0.4) is 0 Å². The maximum absolute atomic E-state index is 12.3. The fourth-order valence-corrected chi connectivity index (χ4v) is 3.17. The molecule has 25 heavy (non-hydrogen) atoms. The molecule has 0 unspecified atom stereocenters. The van der Waals surface area contributed by atoms with Crippen molar-refractivity contribution in [1.29, 1.82) is 0 Å². The lowest BCUT2D eigenvalue weighted by molar-refractivity contribution is -0.130. The Balaban J connectivity index is 2.04. The van der Waals surface area contributed by atoms with Gasteiger partial charge >= 0.3 is 5.97 Å². The van der Waals surface area contributed by atoms with Gasteiger partial charge in [-0.15, -0.1) is 0 Å². The molecule has 1 aliphatic rings. The first-order valence-corrected chi connectivity index (χ1v) is 8.80. The molecule has 0 spiro atoms. The number of hydrogen-bond acceptors (Lipinski definition) is 4. The molecule has 1 aliphatic heterocycles. The second-order valence-electron chi connectivity index (χ2n) is 5.55. The Morgan fingerprint density at radius 2 is 2.00 bits per heavy atom. The number of halogens is 2. The molecule has 3 rings (SSSR count). The van der Waals surface area contributed by atoms with Crippen LogP contribution in [0.5, 0.6) is 0 Å². The zero-order chi connectivity index (χ0) is 18.0. The van der Waals surface area contributed by atoms with E-state index in [1.165, 1.54) is 4.90 Å². The zero-order valence-electron chi connectivity index (χ0n) is 13.6. The highest BCUT2D eigenvalue weighted by Gasteiger charge is 2.32. The SMILES string of the molecule is CCOC(=O)c1nn(-c2ccccc2)c2c1CN(C(=O)C(Cl)Cl)CC2. The summed E-state index contributed by atoms with van der Waals surface area (Å²) >= 11 is 11.4. The molecule has 1 aromatic heterocycles. The monoisotopic (exact) mass is 381 g/mol. The molecule has 2 aromatic rings. The topological polar surface area (TPSA) is 64.4 Å². The minimum Gasteiger partial charge on any atom is -0.461 e. The van der Waals surface area contributed by atoms with E-state index in [1.807, 2.05) is 30.3 Å². The summed E-state index contributed by atoms with van der Waals surface area (Å²) in [6, 6.07) is 9.53. The largest absolute Gasteiger partial charge is 0.461 e. The molecule has 0 atom stereocenters. The van der Waals surface area contributed by atoms with Gasteiger partial charge in [-0.25, -0.2) is 9.48 Å². The number of hydrogen-bond donors (Lipinski definition) is 0. The van der Waals surface area contributed by atoms with Crippen molar-refractivity contribution in [2.24, 2.45) is 0 Å². The van der Waals surface area contributed by atoms with Crippen molar-refractivity contribution in [3.63, 3.8) is 0 Å². The summed E-state index contributed by atoms with van der Waals surface area (Å²) in [5, 5.41) is 4.46. The first-order valence-electron chi connectivity index (χ1n) is 7.93. The van der Waals surface area contributed by atoms with Gasteiger partial charge in [0.15, 0.2) is 10.5 Å². The highest BCUT2D eigenvalue weighted by Crippen LogP contribution is 2.27. The minimum absolute atomic E-state index is 0.221. The van der Waals surface area contributed by atoms with E-state index in [2.05, 4.69) is 5.10 Å². The number of carbonyl (C=O) groups is 2. The summed E-state index contributed by atoms with van der Waals surface area (Å²) in [5.74, 6) is -0.882. The van der Waals surface area contributed by atoms with E-state index in [1.54, 1.807) is 11.6 Å². The lowest BCUT2D eigenvalue weighted by Crippen LogP contribution is -2.39. The number of amides is 1. The number of ether oxygens (including phenoxy) is 1. The smallest absolute Gasteiger partial charge is 0.359 e. The predicted octanol–water partition coefficient (Wildman–Crippen LogP) is 2.74. The maximum Gasteiger partial charge on any atom is 0.359 e. The van der Waals surface area contributed by atoms with Crippen molar-refractivity contribution in [3.05, 3.63) is 47.3 Å². The number of carbonyl (C=O) groups excluding carboxylic acids is 2. The molecule has 6 nitrogen and oxygen atoms in total. The van der Waals surface area contributed by atoms with Crippen molar-refractivity contribution in [2.45, 2.75) is 24.7 Å². The molecule has 0 radical (unpaired) electrons. The molecule has 1 amide bonds. The molecular weight excluding hydrogens is 365 g/mol. The van der Waals surface area contributed by atoms with Crippen LogP contribution in [-0.2, 0) is 22.5 Å². The molecule has 132 valence electrons. The molecule has 0 N–H and O–H groups in total. The molecule has 0 fully saturated rings. The highest BCUT2D eigenvalue weighted by molar-refractivity contribution is 6.53. The third-order valence-corrected chi connectivity index (χ3v) is 4.40. The van der Waals surface area contributed by atoms with Gasteiger partial charge in [-0.1, -0.05) is 41.4 Å². The van der Waals surface area contributed by atoms with E-state index in [0.717, 1.165) is 11.4 Å². The number of benzene rings is 1. The Hall–Kier alpha value is -2.05. The van der Waals surface area contributed by atoms with Gasteiger partial charge in [-0.2, -0.15) is 5.10 Å². The van der Waals surface area contributed by atoms with Crippen LogP contribution >= 0.6 is 23.2 Å². The molecule has 0 aliphatic carbocycles. The van der Waals surface area contributed by atoms with Gasteiger partial charge in [0.05, 0.1) is 24.5 Å². The van der Waals surface area contributed by atoms with Crippen LogP contribution in [0.15, 0.2) is 30.3 Å². The van der Waals surface area contributed by atoms with E-state index >= 15 is 0 Å². The molecule has 2 heterocycles. The molecule has 0 bridgehead atoms. The van der Waals surface area contributed by atoms with E-state index in [4.69, 9.17) is 27.9 Å². The Bertz CT molecular complexity index is 790. The van der Waals surface area contributed by atoms with Gasteiger partial charge in [0.1, 0.15) is 0 Å². The number of alkyl halides is 2.